The molecule has 0 aliphatic heterocycles. The van der Waals surface area contributed by atoms with Crippen molar-refractivity contribution in [1.82, 2.24) is 19.7 Å². The molecule has 2 aromatic heterocycles. The van der Waals surface area contributed by atoms with Crippen LogP contribution in [-0.4, -0.2) is 20.9 Å². The molecule has 6 heteroatoms. The Balaban J connectivity index is 2.22. The Labute approximate surface area is 115 Å². The topological polar surface area (TPSA) is 50.7 Å². The molecule has 0 aliphatic rings. The normalized spacial score (nSPS) is 12.6. The highest BCUT2D eigenvalue weighted by molar-refractivity contribution is 8.00. The third-order valence-corrected chi connectivity index (χ3v) is 4.35. The highest BCUT2D eigenvalue weighted by Gasteiger charge is 2.13. The average Bonchev–Trinajstić information content (AvgIpc) is 2.76. The van der Waals surface area contributed by atoms with Gasteiger partial charge in [0, 0.05) is 17.8 Å². The van der Waals surface area contributed by atoms with Crippen LogP contribution in [0.3, 0.4) is 0 Å². The first kappa shape index (κ1) is 13.5. The zero-order valence-corrected chi connectivity index (χ0v) is 12.3. The number of aryl methyl sites for hydroxylation is 1. The van der Waals surface area contributed by atoms with E-state index in [9.17, 15) is 0 Å². The maximum absolute atomic E-state index is 4.45. The van der Waals surface area contributed by atoms with E-state index in [-0.39, 0.29) is 0 Å². The summed E-state index contributed by atoms with van der Waals surface area (Å²) in [7, 11) is 0. The lowest BCUT2D eigenvalue weighted by Crippen LogP contribution is -2.18. The standard InChI is InChI=1S/C12H16N4S2/c1-4-13-8(2)10-6-5-7-14-11(10)17-12-15-9(3)16-18-12/h5-8,13H,4H2,1-3H3. The molecule has 4 nitrogen and oxygen atoms in total. The summed E-state index contributed by atoms with van der Waals surface area (Å²) in [5.74, 6) is 0.819. The molecule has 96 valence electrons. The Morgan fingerprint density at radius 1 is 1.50 bits per heavy atom. The van der Waals surface area contributed by atoms with Crippen molar-refractivity contribution in [3.8, 4) is 0 Å². The van der Waals surface area contributed by atoms with E-state index >= 15 is 0 Å². The second kappa shape index (κ2) is 6.26. The van der Waals surface area contributed by atoms with Crippen molar-refractivity contribution in [3.05, 3.63) is 29.7 Å². The van der Waals surface area contributed by atoms with E-state index in [1.165, 1.54) is 17.1 Å². The monoisotopic (exact) mass is 280 g/mol. The molecule has 1 atom stereocenters. The highest BCUT2D eigenvalue weighted by atomic mass is 32.2. The molecule has 1 unspecified atom stereocenters. The van der Waals surface area contributed by atoms with E-state index < -0.39 is 0 Å². The molecule has 0 fully saturated rings. The Bertz CT molecular complexity index is 512. The molecule has 2 rings (SSSR count). The lowest BCUT2D eigenvalue weighted by atomic mass is 10.1. The first-order chi connectivity index (χ1) is 8.70. The molecule has 0 aromatic carbocycles. The summed E-state index contributed by atoms with van der Waals surface area (Å²) >= 11 is 3.00. The van der Waals surface area contributed by atoms with Gasteiger partial charge in [0.1, 0.15) is 10.9 Å². The van der Waals surface area contributed by atoms with Crippen LogP contribution in [0.1, 0.15) is 31.3 Å². The molecule has 0 spiro atoms. The number of nitrogens with one attached hydrogen (secondary N) is 1. The van der Waals surface area contributed by atoms with Crippen LogP contribution in [0.25, 0.3) is 0 Å². The third-order valence-electron chi connectivity index (χ3n) is 2.47. The van der Waals surface area contributed by atoms with E-state index in [0.29, 0.717) is 6.04 Å². The van der Waals surface area contributed by atoms with Crippen molar-refractivity contribution in [2.75, 3.05) is 6.54 Å². The Hall–Kier alpha value is -0.980. The lowest BCUT2D eigenvalue weighted by molar-refractivity contribution is 0.585. The zero-order chi connectivity index (χ0) is 13.0. The van der Waals surface area contributed by atoms with Crippen molar-refractivity contribution in [3.63, 3.8) is 0 Å². The summed E-state index contributed by atoms with van der Waals surface area (Å²) in [5.41, 5.74) is 1.21. The Kier molecular flexibility index (Phi) is 4.68. The number of aromatic nitrogens is 3. The summed E-state index contributed by atoms with van der Waals surface area (Å²) in [6, 6.07) is 4.37. The number of hydrogen-bond acceptors (Lipinski definition) is 6. The van der Waals surface area contributed by atoms with E-state index in [1.54, 1.807) is 11.8 Å². The molecule has 0 saturated heterocycles. The predicted molar refractivity (Wildman–Crippen MR) is 75.1 cm³/mol. The molecular weight excluding hydrogens is 264 g/mol. The van der Waals surface area contributed by atoms with Crippen LogP contribution in [-0.2, 0) is 0 Å². The van der Waals surface area contributed by atoms with Crippen LogP contribution in [0, 0.1) is 6.92 Å². The third kappa shape index (κ3) is 3.28. The average molecular weight is 280 g/mol. The maximum atomic E-state index is 4.45. The Morgan fingerprint density at radius 3 is 3.00 bits per heavy atom. The molecule has 18 heavy (non-hydrogen) atoms. The van der Waals surface area contributed by atoms with Gasteiger partial charge in [-0.25, -0.2) is 9.97 Å². The molecule has 0 aliphatic carbocycles. The Morgan fingerprint density at radius 2 is 2.33 bits per heavy atom. The second-order valence-electron chi connectivity index (χ2n) is 3.89. The van der Waals surface area contributed by atoms with Crippen molar-refractivity contribution >= 4 is 23.3 Å². The van der Waals surface area contributed by atoms with Gasteiger partial charge in [-0.1, -0.05) is 13.0 Å². The van der Waals surface area contributed by atoms with Crippen molar-refractivity contribution in [2.24, 2.45) is 0 Å². The molecule has 0 amide bonds. The first-order valence-corrected chi connectivity index (χ1v) is 7.46. The molecule has 0 bridgehead atoms. The van der Waals surface area contributed by atoms with Crippen molar-refractivity contribution < 1.29 is 0 Å². The van der Waals surface area contributed by atoms with Gasteiger partial charge in [0.15, 0.2) is 4.34 Å². The number of hydrogen-bond donors (Lipinski definition) is 1. The van der Waals surface area contributed by atoms with Crippen molar-refractivity contribution in [2.45, 2.75) is 36.2 Å². The fourth-order valence-corrected chi connectivity index (χ4v) is 3.38. The zero-order valence-electron chi connectivity index (χ0n) is 10.7. The van der Waals surface area contributed by atoms with Gasteiger partial charge in [0.25, 0.3) is 0 Å². The van der Waals surface area contributed by atoms with Crippen LogP contribution < -0.4 is 5.32 Å². The smallest absolute Gasteiger partial charge is 0.176 e. The van der Waals surface area contributed by atoms with Gasteiger partial charge in [-0.05, 0) is 49.8 Å². The fourth-order valence-electron chi connectivity index (χ4n) is 1.64. The van der Waals surface area contributed by atoms with Gasteiger partial charge >= 0.3 is 0 Å². The molecule has 0 radical (unpaired) electrons. The van der Waals surface area contributed by atoms with Gasteiger partial charge in [0.2, 0.25) is 0 Å². The minimum atomic E-state index is 0.292. The number of pyridine rings is 1. The van der Waals surface area contributed by atoms with Crippen LogP contribution >= 0.6 is 23.3 Å². The molecule has 2 heterocycles. The van der Waals surface area contributed by atoms with Gasteiger partial charge in [0.05, 0.1) is 0 Å². The minimum Gasteiger partial charge on any atom is -0.310 e. The van der Waals surface area contributed by atoms with E-state index in [4.69, 9.17) is 0 Å². The minimum absolute atomic E-state index is 0.292. The van der Waals surface area contributed by atoms with Gasteiger partial charge < -0.3 is 5.32 Å². The van der Waals surface area contributed by atoms with Crippen LogP contribution in [0.2, 0.25) is 0 Å². The second-order valence-corrected chi connectivity index (χ2v) is 5.87. The summed E-state index contributed by atoms with van der Waals surface area (Å²) in [6.45, 7) is 7.10. The summed E-state index contributed by atoms with van der Waals surface area (Å²) in [5, 5.41) is 4.41. The maximum Gasteiger partial charge on any atom is 0.176 e. The van der Waals surface area contributed by atoms with Crippen LogP contribution in [0.5, 0.6) is 0 Å². The van der Waals surface area contributed by atoms with E-state index in [1.807, 2.05) is 19.2 Å². The summed E-state index contributed by atoms with van der Waals surface area (Å²) in [4.78, 5) is 8.81. The largest absolute Gasteiger partial charge is 0.310 e. The quantitative estimate of drug-likeness (QED) is 0.912. The molecule has 0 saturated carbocycles. The predicted octanol–water partition coefficient (Wildman–Crippen LogP) is 3.06. The SMILES string of the molecule is CCNC(C)c1cccnc1Sc1nc(C)ns1. The first-order valence-electron chi connectivity index (χ1n) is 5.87. The molecule has 2 aromatic rings. The van der Waals surface area contributed by atoms with E-state index in [0.717, 1.165) is 21.7 Å². The van der Waals surface area contributed by atoms with Crippen LogP contribution in [0.4, 0.5) is 0 Å². The van der Waals surface area contributed by atoms with Crippen molar-refractivity contribution in [1.29, 1.82) is 0 Å². The summed E-state index contributed by atoms with van der Waals surface area (Å²) < 4.78 is 5.13. The summed E-state index contributed by atoms with van der Waals surface area (Å²) in [6.07, 6.45) is 1.82. The lowest BCUT2D eigenvalue weighted by Gasteiger charge is -2.15. The number of nitrogens with zero attached hydrogens (tertiary/aromatic N) is 3. The highest BCUT2D eigenvalue weighted by Crippen LogP contribution is 2.32. The fraction of sp³-hybridized carbons (Fsp3) is 0.417. The number of rotatable bonds is 5. The van der Waals surface area contributed by atoms with Gasteiger partial charge in [-0.2, -0.15) is 4.37 Å². The van der Waals surface area contributed by atoms with Crippen LogP contribution in [0.15, 0.2) is 27.7 Å². The molecule has 1 N–H and O–H groups in total. The van der Waals surface area contributed by atoms with Gasteiger partial charge in [-0.15, -0.1) is 0 Å². The molecular formula is C12H16N4S2. The van der Waals surface area contributed by atoms with E-state index in [2.05, 4.69) is 39.6 Å². The van der Waals surface area contributed by atoms with Gasteiger partial charge in [-0.3, -0.25) is 0 Å².